The van der Waals surface area contributed by atoms with Crippen molar-refractivity contribution in [2.45, 2.75) is 44.5 Å². The van der Waals surface area contributed by atoms with Crippen LogP contribution in [0.25, 0.3) is 0 Å². The second-order valence-electron chi connectivity index (χ2n) is 5.39. The van der Waals surface area contributed by atoms with Crippen LogP contribution >= 0.6 is 0 Å². The first kappa shape index (κ1) is 10.3. The zero-order valence-electron chi connectivity index (χ0n) is 9.43. The number of ether oxygens (including phenoxy) is 1. The maximum absolute atomic E-state index is 9.30. The maximum Gasteiger partial charge on any atom is 0.0720 e. The van der Waals surface area contributed by atoms with Crippen molar-refractivity contribution in [2.24, 2.45) is 5.41 Å². The third kappa shape index (κ3) is 1.87. The van der Waals surface area contributed by atoms with Crippen molar-refractivity contribution < 1.29 is 9.84 Å². The lowest BCUT2D eigenvalue weighted by Crippen LogP contribution is -2.52. The van der Waals surface area contributed by atoms with Crippen molar-refractivity contribution in [3.8, 4) is 0 Å². The number of hydrogen-bond donors (Lipinski definition) is 1. The van der Waals surface area contributed by atoms with E-state index in [0.29, 0.717) is 11.5 Å². The van der Waals surface area contributed by atoms with Gasteiger partial charge in [0.2, 0.25) is 0 Å². The topological polar surface area (TPSA) is 29.5 Å². The molecule has 1 aromatic carbocycles. The molecule has 2 heteroatoms. The Hall–Kier alpha value is -0.860. The molecule has 2 saturated carbocycles. The van der Waals surface area contributed by atoms with E-state index >= 15 is 0 Å². The first-order valence-corrected chi connectivity index (χ1v) is 6.09. The normalized spacial score (nSPS) is 36.8. The van der Waals surface area contributed by atoms with Crippen LogP contribution in [0.2, 0.25) is 0 Å². The molecule has 2 aliphatic rings. The second-order valence-corrected chi connectivity index (χ2v) is 5.39. The zero-order valence-corrected chi connectivity index (χ0v) is 9.43. The lowest BCUT2D eigenvalue weighted by atomic mass is 9.53. The molecule has 0 saturated heterocycles. The van der Waals surface area contributed by atoms with E-state index in [-0.39, 0.29) is 6.10 Å². The minimum Gasteiger partial charge on any atom is -0.393 e. The summed E-state index contributed by atoms with van der Waals surface area (Å²) < 4.78 is 5.85. The van der Waals surface area contributed by atoms with E-state index in [0.717, 1.165) is 32.3 Å². The molecule has 0 unspecified atom stereocenters. The van der Waals surface area contributed by atoms with E-state index in [1.165, 1.54) is 5.56 Å². The van der Waals surface area contributed by atoms with Gasteiger partial charge in [0.1, 0.15) is 0 Å². The fraction of sp³-hybridized carbons (Fsp3) is 0.571. The number of aliphatic hydroxyl groups excluding tert-OH is 1. The van der Waals surface area contributed by atoms with E-state index in [2.05, 4.69) is 12.1 Å². The van der Waals surface area contributed by atoms with Crippen molar-refractivity contribution in [3.63, 3.8) is 0 Å². The maximum atomic E-state index is 9.30. The summed E-state index contributed by atoms with van der Waals surface area (Å²) >= 11 is 0. The van der Waals surface area contributed by atoms with Crippen LogP contribution in [0.3, 0.4) is 0 Å². The molecule has 0 aliphatic heterocycles. The van der Waals surface area contributed by atoms with Crippen LogP contribution in [0, 0.1) is 5.41 Å². The van der Waals surface area contributed by atoms with Crippen molar-refractivity contribution in [1.29, 1.82) is 0 Å². The van der Waals surface area contributed by atoms with Gasteiger partial charge < -0.3 is 9.84 Å². The third-order valence-corrected chi connectivity index (χ3v) is 3.99. The van der Waals surface area contributed by atoms with Crippen LogP contribution < -0.4 is 0 Å². The Morgan fingerprint density at radius 3 is 2.44 bits per heavy atom. The van der Waals surface area contributed by atoms with Crippen molar-refractivity contribution in [2.75, 3.05) is 0 Å². The third-order valence-electron chi connectivity index (χ3n) is 3.99. The summed E-state index contributed by atoms with van der Waals surface area (Å²) in [5.41, 5.74) is 1.71. The summed E-state index contributed by atoms with van der Waals surface area (Å²) in [7, 11) is 0. The van der Waals surface area contributed by atoms with Crippen LogP contribution in [-0.4, -0.2) is 17.3 Å². The molecule has 0 heterocycles. The molecule has 2 aliphatic carbocycles. The smallest absolute Gasteiger partial charge is 0.0720 e. The van der Waals surface area contributed by atoms with E-state index < -0.39 is 0 Å². The molecule has 1 aromatic rings. The highest BCUT2D eigenvalue weighted by Gasteiger charge is 2.52. The van der Waals surface area contributed by atoms with Gasteiger partial charge in [0.05, 0.1) is 18.8 Å². The summed E-state index contributed by atoms with van der Waals surface area (Å²) in [4.78, 5) is 0. The van der Waals surface area contributed by atoms with Gasteiger partial charge in [-0.25, -0.2) is 0 Å². The molecule has 0 radical (unpaired) electrons. The van der Waals surface area contributed by atoms with Gasteiger partial charge in [0.25, 0.3) is 0 Å². The minimum atomic E-state index is -0.0323. The first-order chi connectivity index (χ1) is 7.76. The Morgan fingerprint density at radius 2 is 1.81 bits per heavy atom. The molecule has 2 nitrogen and oxygen atoms in total. The summed E-state index contributed by atoms with van der Waals surface area (Å²) in [6.07, 6.45) is 4.69. The molecule has 16 heavy (non-hydrogen) atoms. The lowest BCUT2D eigenvalue weighted by molar-refractivity contribution is -0.163. The van der Waals surface area contributed by atoms with Crippen molar-refractivity contribution >= 4 is 0 Å². The highest BCUT2D eigenvalue weighted by Crippen LogP contribution is 2.56. The quantitative estimate of drug-likeness (QED) is 0.844. The molecular weight excluding hydrogens is 200 g/mol. The molecule has 1 N–H and O–H groups in total. The van der Waals surface area contributed by atoms with E-state index in [4.69, 9.17) is 4.74 Å². The molecule has 1 spiro atoms. The van der Waals surface area contributed by atoms with Gasteiger partial charge in [-0.2, -0.15) is 0 Å². The zero-order chi connectivity index (χ0) is 11.0. The lowest BCUT2D eigenvalue weighted by Gasteiger charge is -2.55. The van der Waals surface area contributed by atoms with E-state index in [9.17, 15) is 5.11 Å². The minimum absolute atomic E-state index is 0.0323. The van der Waals surface area contributed by atoms with Crippen LogP contribution in [0.4, 0.5) is 0 Å². The van der Waals surface area contributed by atoms with Crippen LogP contribution in [0.1, 0.15) is 31.2 Å². The number of hydrogen-bond acceptors (Lipinski definition) is 2. The Morgan fingerprint density at radius 1 is 1.12 bits per heavy atom. The molecule has 86 valence electrons. The molecule has 0 aromatic heterocycles. The van der Waals surface area contributed by atoms with Crippen LogP contribution in [0.5, 0.6) is 0 Å². The van der Waals surface area contributed by atoms with Gasteiger partial charge >= 0.3 is 0 Å². The number of aliphatic hydroxyl groups is 1. The predicted molar refractivity (Wildman–Crippen MR) is 61.9 cm³/mol. The number of benzene rings is 1. The average molecular weight is 218 g/mol. The van der Waals surface area contributed by atoms with Gasteiger partial charge in [0.15, 0.2) is 0 Å². The van der Waals surface area contributed by atoms with Gasteiger partial charge in [-0.15, -0.1) is 0 Å². The number of rotatable bonds is 3. The van der Waals surface area contributed by atoms with Crippen LogP contribution in [-0.2, 0) is 11.3 Å². The Kier molecular flexibility index (Phi) is 2.49. The molecule has 2 fully saturated rings. The SMILES string of the molecule is OC1CC2(C1)CC(OCc1ccccc1)C2. The summed E-state index contributed by atoms with van der Waals surface area (Å²) in [6, 6.07) is 10.3. The monoisotopic (exact) mass is 218 g/mol. The highest BCUT2D eigenvalue weighted by molar-refractivity contribution is 5.13. The van der Waals surface area contributed by atoms with E-state index in [1.54, 1.807) is 0 Å². The standard InChI is InChI=1S/C14H18O2/c15-12-6-14(7-12)8-13(9-14)16-10-11-4-2-1-3-5-11/h1-5,12-13,15H,6-10H2. The molecular formula is C14H18O2. The van der Waals surface area contributed by atoms with Gasteiger partial charge in [-0.1, -0.05) is 30.3 Å². The predicted octanol–water partition coefficient (Wildman–Crippen LogP) is 2.51. The molecule has 0 bridgehead atoms. The Labute approximate surface area is 96.2 Å². The summed E-state index contributed by atoms with van der Waals surface area (Å²) in [6.45, 7) is 0.726. The highest BCUT2D eigenvalue weighted by atomic mass is 16.5. The summed E-state index contributed by atoms with van der Waals surface area (Å²) in [5, 5.41) is 9.30. The molecule has 0 atom stereocenters. The van der Waals surface area contributed by atoms with Crippen molar-refractivity contribution in [3.05, 3.63) is 35.9 Å². The van der Waals surface area contributed by atoms with Crippen LogP contribution in [0.15, 0.2) is 30.3 Å². The first-order valence-electron chi connectivity index (χ1n) is 6.09. The Balaban J connectivity index is 1.42. The second kappa shape index (κ2) is 3.86. The molecule has 0 amide bonds. The Bertz CT molecular complexity index is 346. The van der Waals surface area contributed by atoms with E-state index in [1.807, 2.05) is 18.2 Å². The average Bonchev–Trinajstić information content (AvgIpc) is 2.21. The largest absolute Gasteiger partial charge is 0.393 e. The van der Waals surface area contributed by atoms with Gasteiger partial charge in [-0.3, -0.25) is 0 Å². The van der Waals surface area contributed by atoms with Crippen molar-refractivity contribution in [1.82, 2.24) is 0 Å². The molecule has 3 rings (SSSR count). The summed E-state index contributed by atoms with van der Waals surface area (Å²) in [5.74, 6) is 0. The fourth-order valence-corrected chi connectivity index (χ4v) is 3.09. The van der Waals surface area contributed by atoms with Gasteiger partial charge in [0, 0.05) is 0 Å². The fourth-order valence-electron chi connectivity index (χ4n) is 3.09. The van der Waals surface area contributed by atoms with Gasteiger partial charge in [-0.05, 0) is 36.7 Å².